The Morgan fingerprint density at radius 1 is 1.33 bits per heavy atom. The minimum absolute atomic E-state index is 0. The molecule has 2 aromatic rings. The molecule has 1 aliphatic rings. The van der Waals surface area contributed by atoms with Crippen molar-refractivity contribution in [2.24, 2.45) is 7.05 Å². The molecule has 114 valence electrons. The Hall–Kier alpha value is -2.08. The first-order chi connectivity index (χ1) is 9.72. The summed E-state index contributed by atoms with van der Waals surface area (Å²) in [5.74, 6) is 2.01. The van der Waals surface area contributed by atoms with Gasteiger partial charge >= 0.3 is 0 Å². The standard InChI is InChI=1S/C14H18N3O3.ClH/c1-16-4-5-17(9-16)3-2-6-18-12-8-14-13(7-11(12)15)19-10-20-14;/h4-5,7-9H,2-3,6,10,15H2,1H3;1H/q+1;/p-1. The summed E-state index contributed by atoms with van der Waals surface area (Å²) < 4.78 is 20.4. The summed E-state index contributed by atoms with van der Waals surface area (Å²) in [6.07, 6.45) is 6.99. The monoisotopic (exact) mass is 311 g/mol. The highest BCUT2D eigenvalue weighted by Crippen LogP contribution is 2.39. The lowest BCUT2D eigenvalue weighted by molar-refractivity contribution is -0.671. The molecule has 1 aromatic carbocycles. The number of rotatable bonds is 5. The number of fused-ring (bicyclic) bond motifs is 1. The number of imidazole rings is 1. The Kier molecular flexibility index (Phi) is 4.80. The Labute approximate surface area is 129 Å². The third-order valence-corrected chi connectivity index (χ3v) is 3.15. The van der Waals surface area contributed by atoms with Gasteiger partial charge < -0.3 is 32.4 Å². The van der Waals surface area contributed by atoms with Crippen LogP contribution in [0.1, 0.15) is 6.42 Å². The first-order valence-corrected chi connectivity index (χ1v) is 6.55. The number of halogens is 1. The number of benzene rings is 1. The maximum atomic E-state index is 5.92. The zero-order valence-electron chi connectivity index (χ0n) is 11.8. The summed E-state index contributed by atoms with van der Waals surface area (Å²) in [5.41, 5.74) is 6.49. The third kappa shape index (κ3) is 3.52. The van der Waals surface area contributed by atoms with Gasteiger partial charge in [0, 0.05) is 18.6 Å². The van der Waals surface area contributed by atoms with E-state index in [1.54, 1.807) is 12.1 Å². The smallest absolute Gasteiger partial charge is 0.243 e. The summed E-state index contributed by atoms with van der Waals surface area (Å²) in [6.45, 7) is 1.75. The van der Waals surface area contributed by atoms with Crippen molar-refractivity contribution in [2.75, 3.05) is 19.1 Å². The molecule has 0 saturated heterocycles. The summed E-state index contributed by atoms with van der Waals surface area (Å²) >= 11 is 0. The van der Waals surface area contributed by atoms with Crippen molar-refractivity contribution in [1.82, 2.24) is 4.57 Å². The van der Waals surface area contributed by atoms with Gasteiger partial charge in [0.2, 0.25) is 13.1 Å². The maximum absolute atomic E-state index is 5.92. The van der Waals surface area contributed by atoms with Crippen molar-refractivity contribution < 1.29 is 31.2 Å². The summed E-state index contributed by atoms with van der Waals surface area (Å²) in [4.78, 5) is 0. The van der Waals surface area contributed by atoms with Crippen LogP contribution >= 0.6 is 0 Å². The summed E-state index contributed by atoms with van der Waals surface area (Å²) in [5, 5.41) is 0. The van der Waals surface area contributed by atoms with Gasteiger partial charge in [0.25, 0.3) is 0 Å². The molecule has 7 heteroatoms. The fourth-order valence-electron chi connectivity index (χ4n) is 2.13. The molecule has 3 rings (SSSR count). The molecule has 0 aliphatic carbocycles. The van der Waals surface area contributed by atoms with Crippen LogP contribution in [0.4, 0.5) is 5.69 Å². The van der Waals surface area contributed by atoms with Gasteiger partial charge in [-0.15, -0.1) is 0 Å². The van der Waals surface area contributed by atoms with Crippen LogP contribution in [-0.4, -0.2) is 18.0 Å². The van der Waals surface area contributed by atoms with E-state index in [9.17, 15) is 0 Å². The van der Waals surface area contributed by atoms with Crippen LogP contribution < -0.4 is 36.9 Å². The largest absolute Gasteiger partial charge is 1.00 e. The summed E-state index contributed by atoms with van der Waals surface area (Å²) in [6, 6.07) is 3.52. The fourth-order valence-corrected chi connectivity index (χ4v) is 2.13. The molecular weight excluding hydrogens is 294 g/mol. The lowest BCUT2D eigenvalue weighted by Gasteiger charge is -2.09. The van der Waals surface area contributed by atoms with Gasteiger partial charge in [-0.2, -0.15) is 0 Å². The zero-order chi connectivity index (χ0) is 13.9. The number of aromatic nitrogens is 2. The molecule has 0 amide bonds. The molecule has 2 N–H and O–H groups in total. The molecule has 0 bridgehead atoms. The van der Waals surface area contributed by atoms with Gasteiger partial charge in [-0.05, 0) is 0 Å². The van der Waals surface area contributed by atoms with E-state index >= 15 is 0 Å². The fraction of sp³-hybridized carbons (Fsp3) is 0.357. The highest BCUT2D eigenvalue weighted by atomic mass is 35.5. The van der Waals surface area contributed by atoms with E-state index in [-0.39, 0.29) is 19.2 Å². The van der Waals surface area contributed by atoms with Crippen LogP contribution in [0.2, 0.25) is 0 Å². The predicted molar refractivity (Wildman–Crippen MR) is 72.7 cm³/mol. The molecule has 6 nitrogen and oxygen atoms in total. The quantitative estimate of drug-likeness (QED) is 0.398. The molecule has 2 heterocycles. The highest BCUT2D eigenvalue weighted by molar-refractivity contribution is 5.62. The number of hydrogen-bond acceptors (Lipinski definition) is 4. The first kappa shape index (κ1) is 15.3. The molecule has 0 unspecified atom stereocenters. The maximum Gasteiger partial charge on any atom is 0.243 e. The molecule has 0 radical (unpaired) electrons. The Morgan fingerprint density at radius 3 is 2.81 bits per heavy atom. The number of anilines is 1. The second-order valence-electron chi connectivity index (χ2n) is 4.76. The van der Waals surface area contributed by atoms with E-state index in [1.807, 2.05) is 30.3 Å². The normalized spacial score (nSPS) is 12.0. The molecule has 1 aliphatic heterocycles. The van der Waals surface area contributed by atoms with Crippen molar-refractivity contribution in [1.29, 1.82) is 0 Å². The lowest BCUT2D eigenvalue weighted by atomic mass is 10.2. The molecule has 0 fully saturated rings. The highest BCUT2D eigenvalue weighted by Gasteiger charge is 2.16. The van der Waals surface area contributed by atoms with Crippen LogP contribution in [0.3, 0.4) is 0 Å². The van der Waals surface area contributed by atoms with Crippen LogP contribution in [0.15, 0.2) is 30.9 Å². The van der Waals surface area contributed by atoms with Gasteiger partial charge in [0.05, 0.1) is 25.9 Å². The van der Waals surface area contributed by atoms with Gasteiger partial charge in [0.1, 0.15) is 18.1 Å². The molecule has 21 heavy (non-hydrogen) atoms. The van der Waals surface area contributed by atoms with E-state index in [2.05, 4.69) is 4.57 Å². The van der Waals surface area contributed by atoms with Crippen molar-refractivity contribution in [3.05, 3.63) is 30.9 Å². The van der Waals surface area contributed by atoms with Crippen LogP contribution in [-0.2, 0) is 13.6 Å². The van der Waals surface area contributed by atoms with E-state index in [1.165, 1.54) is 0 Å². The Balaban J connectivity index is 0.00000161. The number of hydrogen-bond donors (Lipinski definition) is 1. The van der Waals surface area contributed by atoms with Gasteiger partial charge in [-0.1, -0.05) is 0 Å². The van der Waals surface area contributed by atoms with Crippen molar-refractivity contribution in [3.63, 3.8) is 0 Å². The van der Waals surface area contributed by atoms with E-state index < -0.39 is 0 Å². The van der Waals surface area contributed by atoms with Crippen molar-refractivity contribution in [3.8, 4) is 17.2 Å². The minimum atomic E-state index is 0. The zero-order valence-corrected chi connectivity index (χ0v) is 12.5. The molecule has 0 saturated carbocycles. The number of nitrogens with zero attached hydrogens (tertiary/aromatic N) is 2. The number of nitrogens with two attached hydrogens (primary N) is 1. The number of ether oxygens (including phenoxy) is 3. The van der Waals surface area contributed by atoms with Crippen LogP contribution in [0.25, 0.3) is 0 Å². The minimum Gasteiger partial charge on any atom is -1.00 e. The Morgan fingerprint density at radius 2 is 2.10 bits per heavy atom. The average molecular weight is 312 g/mol. The second kappa shape index (κ2) is 6.58. The second-order valence-corrected chi connectivity index (χ2v) is 4.76. The van der Waals surface area contributed by atoms with Crippen LogP contribution in [0.5, 0.6) is 17.2 Å². The number of aryl methyl sites for hydroxylation is 2. The third-order valence-electron chi connectivity index (χ3n) is 3.15. The Bertz CT molecular complexity index is 616. The summed E-state index contributed by atoms with van der Waals surface area (Å²) in [7, 11) is 2.00. The lowest BCUT2D eigenvalue weighted by Crippen LogP contribution is -3.00. The molecule has 0 atom stereocenters. The SMILES string of the molecule is C[n+]1ccn(CCCOc2cc3c(cc2N)OCO3)c1.[Cl-]. The average Bonchev–Trinajstić information content (AvgIpc) is 3.03. The van der Waals surface area contributed by atoms with E-state index in [0.717, 1.165) is 13.0 Å². The van der Waals surface area contributed by atoms with Crippen LogP contribution in [0, 0.1) is 0 Å². The van der Waals surface area contributed by atoms with Gasteiger partial charge in [-0.25, -0.2) is 9.13 Å². The predicted octanol–water partition coefficient (Wildman–Crippen LogP) is -1.90. The van der Waals surface area contributed by atoms with Gasteiger partial charge in [0.15, 0.2) is 11.5 Å². The van der Waals surface area contributed by atoms with Crippen molar-refractivity contribution in [2.45, 2.75) is 13.0 Å². The molecule has 1 aromatic heterocycles. The van der Waals surface area contributed by atoms with E-state index in [4.69, 9.17) is 19.9 Å². The first-order valence-electron chi connectivity index (χ1n) is 6.55. The number of nitrogen functional groups attached to an aromatic ring is 1. The molecular formula is C14H18ClN3O3. The van der Waals surface area contributed by atoms with Crippen molar-refractivity contribution >= 4 is 5.69 Å². The van der Waals surface area contributed by atoms with E-state index in [0.29, 0.717) is 29.5 Å². The topological polar surface area (TPSA) is 62.5 Å². The molecule has 0 spiro atoms. The van der Waals surface area contributed by atoms with Gasteiger partial charge in [-0.3, -0.25) is 0 Å².